The highest BCUT2D eigenvalue weighted by Gasteiger charge is 2.33. The van der Waals surface area contributed by atoms with Gasteiger partial charge in [0.25, 0.3) is 11.8 Å². The van der Waals surface area contributed by atoms with Gasteiger partial charge in [-0.3, -0.25) is 4.79 Å². The van der Waals surface area contributed by atoms with E-state index in [9.17, 15) is 9.18 Å². The molecule has 0 spiro atoms. The van der Waals surface area contributed by atoms with Gasteiger partial charge in [0.15, 0.2) is 5.69 Å². The molecule has 1 atom stereocenters. The van der Waals surface area contributed by atoms with Gasteiger partial charge in [0, 0.05) is 24.9 Å². The van der Waals surface area contributed by atoms with Crippen molar-refractivity contribution in [1.29, 1.82) is 0 Å². The van der Waals surface area contributed by atoms with Crippen LogP contribution >= 0.6 is 0 Å². The first-order valence-corrected chi connectivity index (χ1v) is 8.57. The first kappa shape index (κ1) is 16.0. The zero-order valence-corrected chi connectivity index (χ0v) is 13.9. The minimum Gasteiger partial charge on any atom is -0.470 e. The molecule has 1 aliphatic heterocycles. The molecule has 1 saturated carbocycles. The third-order valence-corrected chi connectivity index (χ3v) is 4.60. The minimum atomic E-state index is -0.527. The van der Waals surface area contributed by atoms with Crippen molar-refractivity contribution in [2.45, 2.75) is 44.6 Å². The number of carbonyl (C=O) groups excluding carboxylic acids is 1. The smallest absolute Gasteiger partial charge is 0.276 e. The summed E-state index contributed by atoms with van der Waals surface area (Å²) in [5.41, 5.74) is 0.648. The Bertz CT molecular complexity index is 790. The predicted molar refractivity (Wildman–Crippen MR) is 84.8 cm³/mol. The van der Waals surface area contributed by atoms with Gasteiger partial charge in [-0.05, 0) is 19.3 Å². The summed E-state index contributed by atoms with van der Waals surface area (Å²) < 4.78 is 25.1. The third-order valence-electron chi connectivity index (χ3n) is 4.60. The molecule has 3 heterocycles. The third kappa shape index (κ3) is 3.20. The highest BCUT2D eigenvalue weighted by Crippen LogP contribution is 2.40. The summed E-state index contributed by atoms with van der Waals surface area (Å²) in [4.78, 5) is 21.9. The molecular weight excluding hydrogens is 327 g/mol. The number of aromatic nitrogens is 3. The molecule has 1 aliphatic carbocycles. The van der Waals surface area contributed by atoms with Gasteiger partial charge in [0.05, 0.1) is 12.2 Å². The van der Waals surface area contributed by atoms with Crippen molar-refractivity contribution < 1.29 is 18.4 Å². The van der Waals surface area contributed by atoms with Crippen LogP contribution in [-0.2, 0) is 6.42 Å². The monoisotopic (exact) mass is 346 g/mol. The molecule has 132 valence electrons. The summed E-state index contributed by atoms with van der Waals surface area (Å²) in [7, 11) is 0. The van der Waals surface area contributed by atoms with E-state index >= 15 is 0 Å². The Hall–Kier alpha value is -2.51. The first-order valence-electron chi connectivity index (χ1n) is 8.57. The topological polar surface area (TPSA) is 81.4 Å². The van der Waals surface area contributed by atoms with Crippen molar-refractivity contribution in [3.63, 3.8) is 0 Å². The van der Waals surface area contributed by atoms with Crippen LogP contribution in [0.3, 0.4) is 0 Å². The maximum Gasteiger partial charge on any atom is 0.276 e. The van der Waals surface area contributed by atoms with E-state index in [1.54, 1.807) is 11.0 Å². The maximum atomic E-state index is 14.2. The van der Waals surface area contributed by atoms with Gasteiger partial charge in [0.1, 0.15) is 18.2 Å². The number of likely N-dealkylation sites (tertiary alicyclic amines) is 1. The second-order valence-corrected chi connectivity index (χ2v) is 6.46. The normalized spacial score (nSPS) is 20.1. The van der Waals surface area contributed by atoms with Crippen LogP contribution in [0.2, 0.25) is 0 Å². The van der Waals surface area contributed by atoms with Crippen LogP contribution in [0.25, 0.3) is 0 Å². The lowest BCUT2D eigenvalue weighted by Crippen LogP contribution is -2.31. The van der Waals surface area contributed by atoms with Crippen molar-refractivity contribution in [3.05, 3.63) is 35.4 Å². The highest BCUT2D eigenvalue weighted by molar-refractivity contribution is 5.92. The van der Waals surface area contributed by atoms with Crippen molar-refractivity contribution in [3.8, 4) is 5.88 Å². The number of carbonyl (C=O) groups is 1. The van der Waals surface area contributed by atoms with E-state index in [0.717, 1.165) is 18.6 Å². The Balaban J connectivity index is 1.40. The molecule has 8 heteroatoms. The summed E-state index contributed by atoms with van der Waals surface area (Å²) in [5, 5.41) is 3.88. The molecule has 1 amide bonds. The van der Waals surface area contributed by atoms with Gasteiger partial charge < -0.3 is 14.2 Å². The van der Waals surface area contributed by atoms with Gasteiger partial charge in [-0.2, -0.15) is 9.37 Å². The van der Waals surface area contributed by atoms with E-state index in [0.29, 0.717) is 43.2 Å². The molecule has 4 rings (SSSR count). The number of hydrogen-bond donors (Lipinski definition) is 0. The average molecular weight is 346 g/mol. The average Bonchev–Trinajstić information content (AvgIpc) is 3.17. The van der Waals surface area contributed by atoms with Crippen LogP contribution < -0.4 is 4.74 Å². The van der Waals surface area contributed by atoms with Crippen LogP contribution in [0.4, 0.5) is 4.39 Å². The van der Waals surface area contributed by atoms with E-state index in [-0.39, 0.29) is 17.9 Å². The van der Waals surface area contributed by atoms with Gasteiger partial charge in [-0.1, -0.05) is 12.1 Å². The number of amides is 1. The molecule has 25 heavy (non-hydrogen) atoms. The van der Waals surface area contributed by atoms with Crippen LogP contribution in [0, 0.1) is 5.82 Å². The van der Waals surface area contributed by atoms with Crippen LogP contribution in [0.5, 0.6) is 5.88 Å². The van der Waals surface area contributed by atoms with Crippen molar-refractivity contribution in [2.24, 2.45) is 0 Å². The Morgan fingerprint density at radius 2 is 2.24 bits per heavy atom. The number of halogens is 1. The molecule has 1 saturated heterocycles. The molecule has 7 nitrogen and oxygen atoms in total. The molecule has 0 unspecified atom stereocenters. The van der Waals surface area contributed by atoms with E-state index in [4.69, 9.17) is 9.26 Å². The highest BCUT2D eigenvalue weighted by atomic mass is 19.1. The second-order valence-electron chi connectivity index (χ2n) is 6.46. The molecule has 2 aromatic rings. The summed E-state index contributed by atoms with van der Waals surface area (Å²) in [6, 6.07) is 1.73. The van der Waals surface area contributed by atoms with E-state index in [2.05, 4.69) is 15.1 Å². The van der Waals surface area contributed by atoms with Gasteiger partial charge >= 0.3 is 0 Å². The summed E-state index contributed by atoms with van der Waals surface area (Å²) >= 11 is 0. The van der Waals surface area contributed by atoms with E-state index < -0.39 is 5.82 Å². The Kier molecular flexibility index (Phi) is 4.10. The number of hydrogen-bond acceptors (Lipinski definition) is 6. The largest absolute Gasteiger partial charge is 0.470 e. The van der Waals surface area contributed by atoms with E-state index in [1.165, 1.54) is 6.33 Å². The summed E-state index contributed by atoms with van der Waals surface area (Å²) in [6.45, 7) is 2.72. The van der Waals surface area contributed by atoms with Gasteiger partial charge in [-0.15, -0.1) is 0 Å². The molecule has 2 fully saturated rings. The fraction of sp³-hybridized carbons (Fsp3) is 0.529. The van der Waals surface area contributed by atoms with Crippen LogP contribution in [0.1, 0.15) is 54.0 Å². The van der Waals surface area contributed by atoms with Crippen molar-refractivity contribution in [2.75, 3.05) is 13.1 Å². The SMILES string of the molecule is CCc1ncnc(O[C@H]2CCN(C(=O)c3cc(C4CC4)on3)C2)c1F. The van der Waals surface area contributed by atoms with Crippen LogP contribution in [0.15, 0.2) is 16.9 Å². The lowest BCUT2D eigenvalue weighted by Gasteiger charge is -2.16. The quantitative estimate of drug-likeness (QED) is 0.826. The fourth-order valence-electron chi connectivity index (χ4n) is 3.00. The van der Waals surface area contributed by atoms with Crippen LogP contribution in [-0.4, -0.2) is 45.1 Å². The standard InChI is InChI=1S/C17H19FN4O3/c1-2-12-15(18)16(20-9-19-12)24-11-5-6-22(8-11)17(23)13-7-14(25-21-13)10-3-4-10/h7,9-11H,2-6,8H2,1H3/t11-/m0/s1. The summed E-state index contributed by atoms with van der Waals surface area (Å²) in [5.74, 6) is 0.436. The molecular formula is C17H19FN4O3. The van der Waals surface area contributed by atoms with E-state index in [1.807, 2.05) is 6.92 Å². The second kappa shape index (κ2) is 6.42. The number of ether oxygens (including phenoxy) is 1. The first-order chi connectivity index (χ1) is 12.2. The minimum absolute atomic E-state index is 0.0522. The number of rotatable bonds is 5. The Morgan fingerprint density at radius 3 is 3.00 bits per heavy atom. The molecule has 0 bridgehead atoms. The molecule has 2 aliphatic rings. The molecule has 0 N–H and O–H groups in total. The zero-order valence-electron chi connectivity index (χ0n) is 13.9. The molecule has 0 aromatic carbocycles. The lowest BCUT2D eigenvalue weighted by molar-refractivity contribution is 0.0759. The fourth-order valence-corrected chi connectivity index (χ4v) is 3.00. The maximum absolute atomic E-state index is 14.2. The Labute approximate surface area is 144 Å². The van der Waals surface area contributed by atoms with Crippen molar-refractivity contribution >= 4 is 5.91 Å². The zero-order chi connectivity index (χ0) is 17.4. The molecule has 0 radical (unpaired) electrons. The van der Waals surface area contributed by atoms with Gasteiger partial charge in [0.2, 0.25) is 5.82 Å². The van der Waals surface area contributed by atoms with Crippen molar-refractivity contribution in [1.82, 2.24) is 20.0 Å². The predicted octanol–water partition coefficient (Wildman–Crippen LogP) is 2.34. The van der Waals surface area contributed by atoms with Gasteiger partial charge in [-0.25, -0.2) is 4.98 Å². The lowest BCUT2D eigenvalue weighted by atomic mass is 10.2. The summed E-state index contributed by atoms with van der Waals surface area (Å²) in [6.07, 6.45) is 4.26. The Morgan fingerprint density at radius 1 is 1.40 bits per heavy atom. The number of aryl methyl sites for hydroxylation is 1. The molecule has 2 aromatic heterocycles. The number of nitrogens with zero attached hydrogens (tertiary/aromatic N) is 4.